The molecule has 6 bridgehead atoms. The molecular weight excluding hydrogens is 611 g/mol. The Morgan fingerprint density at radius 3 is 2.54 bits per heavy atom. The SMILES string of the molecule is Cc1cc2c(cc1F)-c1cccc(c1)-c1cn3c(c([C@H](OC(C)(C)C)C(=O)O)c(C)cc3n1)N1CCC(C)(CC1)OCCCC[C@H](N)O2. The lowest BCUT2D eigenvalue weighted by molar-refractivity contribution is -0.160. The highest BCUT2D eigenvalue weighted by atomic mass is 19.1. The summed E-state index contributed by atoms with van der Waals surface area (Å²) in [7, 11) is 0. The van der Waals surface area contributed by atoms with Crippen molar-refractivity contribution >= 4 is 17.4 Å². The Balaban J connectivity index is 1.54. The molecule has 10 heteroatoms. The first-order valence-electron chi connectivity index (χ1n) is 16.9. The maximum Gasteiger partial charge on any atom is 0.337 e. The van der Waals surface area contributed by atoms with Gasteiger partial charge in [-0.2, -0.15) is 0 Å². The van der Waals surface area contributed by atoms with Crippen LogP contribution in [0.5, 0.6) is 5.75 Å². The molecule has 2 atom stereocenters. The Morgan fingerprint density at radius 1 is 1.10 bits per heavy atom. The average molecular weight is 659 g/mol. The average Bonchev–Trinajstić information content (AvgIpc) is 3.44. The molecule has 3 aliphatic heterocycles. The Kier molecular flexibility index (Phi) is 9.28. The molecule has 0 saturated carbocycles. The first-order valence-corrected chi connectivity index (χ1v) is 16.9. The van der Waals surface area contributed by atoms with E-state index in [2.05, 4.69) is 11.8 Å². The molecule has 3 N–H and O–H groups in total. The molecule has 3 aliphatic rings. The number of carboxylic acid groups (broad SMARTS) is 1. The largest absolute Gasteiger partial charge is 0.479 e. The van der Waals surface area contributed by atoms with E-state index in [0.717, 1.165) is 48.2 Å². The summed E-state index contributed by atoms with van der Waals surface area (Å²) in [6.45, 7) is 13.3. The van der Waals surface area contributed by atoms with E-state index in [1.54, 1.807) is 13.0 Å². The summed E-state index contributed by atoms with van der Waals surface area (Å²) in [4.78, 5) is 20.1. The lowest BCUT2D eigenvalue weighted by Crippen LogP contribution is -2.45. The van der Waals surface area contributed by atoms with Crippen LogP contribution in [0, 0.1) is 19.7 Å². The molecule has 7 rings (SSSR count). The maximum absolute atomic E-state index is 15.0. The molecule has 2 aromatic carbocycles. The molecule has 0 aliphatic carbocycles. The van der Waals surface area contributed by atoms with E-state index in [4.69, 9.17) is 24.9 Å². The fourth-order valence-corrected chi connectivity index (χ4v) is 6.76. The highest BCUT2D eigenvalue weighted by molar-refractivity contribution is 5.80. The number of rotatable bonds is 3. The number of hydrogen-bond donors (Lipinski definition) is 2. The number of nitrogens with two attached hydrogens (primary N) is 1. The number of pyridine rings is 1. The van der Waals surface area contributed by atoms with Crippen LogP contribution in [0.2, 0.25) is 0 Å². The summed E-state index contributed by atoms with van der Waals surface area (Å²) >= 11 is 0. The van der Waals surface area contributed by atoms with Crippen molar-refractivity contribution in [3.05, 3.63) is 71.2 Å². The van der Waals surface area contributed by atoms with Gasteiger partial charge in [-0.05, 0) is 115 Å². The van der Waals surface area contributed by atoms with Gasteiger partial charge in [0.05, 0.1) is 16.9 Å². The van der Waals surface area contributed by atoms with Gasteiger partial charge in [-0.25, -0.2) is 14.2 Å². The maximum atomic E-state index is 15.0. The third kappa shape index (κ3) is 7.06. The van der Waals surface area contributed by atoms with Gasteiger partial charge in [0.15, 0.2) is 6.10 Å². The molecule has 5 heterocycles. The number of carbonyl (C=O) groups is 1. The van der Waals surface area contributed by atoms with E-state index in [9.17, 15) is 14.3 Å². The fraction of sp³-hybridized carbons (Fsp3) is 0.474. The number of imidazole rings is 1. The summed E-state index contributed by atoms with van der Waals surface area (Å²) in [5, 5.41) is 10.5. The van der Waals surface area contributed by atoms with Crippen molar-refractivity contribution < 1.29 is 28.5 Å². The van der Waals surface area contributed by atoms with Gasteiger partial charge < -0.3 is 24.2 Å². The van der Waals surface area contributed by atoms with Crippen LogP contribution < -0.4 is 15.4 Å². The van der Waals surface area contributed by atoms with Crippen LogP contribution in [0.4, 0.5) is 10.2 Å². The second kappa shape index (κ2) is 13.1. The van der Waals surface area contributed by atoms with E-state index >= 15 is 0 Å². The predicted molar refractivity (Wildman–Crippen MR) is 185 cm³/mol. The van der Waals surface area contributed by atoms with Gasteiger partial charge in [0.1, 0.15) is 29.3 Å². The molecule has 4 aromatic rings. The normalized spacial score (nSPS) is 21.2. The first kappa shape index (κ1) is 33.9. The van der Waals surface area contributed by atoms with Gasteiger partial charge in [-0.15, -0.1) is 0 Å². The van der Waals surface area contributed by atoms with E-state index in [0.29, 0.717) is 59.9 Å². The van der Waals surface area contributed by atoms with Crippen molar-refractivity contribution in [2.75, 3.05) is 24.6 Å². The molecule has 2 aromatic heterocycles. The van der Waals surface area contributed by atoms with Crippen molar-refractivity contribution in [1.29, 1.82) is 0 Å². The van der Waals surface area contributed by atoms with Crippen LogP contribution in [0.1, 0.15) is 82.6 Å². The smallest absolute Gasteiger partial charge is 0.337 e. The van der Waals surface area contributed by atoms with Crippen molar-refractivity contribution in [1.82, 2.24) is 9.38 Å². The summed E-state index contributed by atoms with van der Waals surface area (Å²) in [6, 6.07) is 12.9. The third-order valence-electron chi connectivity index (χ3n) is 9.39. The minimum Gasteiger partial charge on any atom is -0.479 e. The first-order chi connectivity index (χ1) is 22.7. The number of hydrogen-bond acceptors (Lipinski definition) is 7. The second-order valence-electron chi connectivity index (χ2n) is 14.5. The Morgan fingerprint density at radius 2 is 1.83 bits per heavy atom. The molecule has 0 amide bonds. The van der Waals surface area contributed by atoms with Crippen LogP contribution in [-0.2, 0) is 14.3 Å². The van der Waals surface area contributed by atoms with Gasteiger partial charge >= 0.3 is 5.97 Å². The second-order valence-corrected chi connectivity index (χ2v) is 14.5. The zero-order chi connectivity index (χ0) is 34.4. The molecular formula is C38H47FN4O5. The van der Waals surface area contributed by atoms with Crippen molar-refractivity contribution in [2.24, 2.45) is 5.73 Å². The Labute approximate surface area is 281 Å². The van der Waals surface area contributed by atoms with Crippen LogP contribution >= 0.6 is 0 Å². The van der Waals surface area contributed by atoms with E-state index in [1.165, 1.54) is 6.07 Å². The molecule has 0 unspecified atom stereocenters. The van der Waals surface area contributed by atoms with E-state index in [-0.39, 0.29) is 11.4 Å². The number of nitrogens with zero attached hydrogens (tertiary/aromatic N) is 3. The number of ether oxygens (including phenoxy) is 3. The fourth-order valence-electron chi connectivity index (χ4n) is 6.76. The van der Waals surface area contributed by atoms with E-state index in [1.807, 2.05) is 68.6 Å². The summed E-state index contributed by atoms with van der Waals surface area (Å²) in [6.07, 6.45) is 4.06. The van der Waals surface area contributed by atoms with Gasteiger partial charge in [-0.1, -0.05) is 18.2 Å². The minimum absolute atomic E-state index is 0.311. The molecule has 256 valence electrons. The number of carboxylic acids is 1. The van der Waals surface area contributed by atoms with Crippen LogP contribution in [0.25, 0.3) is 28.0 Å². The molecule has 48 heavy (non-hydrogen) atoms. The molecule has 9 nitrogen and oxygen atoms in total. The Hall–Kier alpha value is -3.99. The van der Waals surface area contributed by atoms with Crippen LogP contribution in [0.3, 0.4) is 0 Å². The number of anilines is 1. The van der Waals surface area contributed by atoms with Gasteiger partial charge in [0.2, 0.25) is 0 Å². The monoisotopic (exact) mass is 658 g/mol. The third-order valence-corrected chi connectivity index (χ3v) is 9.39. The molecule has 1 saturated heterocycles. The van der Waals surface area contributed by atoms with Crippen molar-refractivity contribution in [3.63, 3.8) is 0 Å². The topological polar surface area (TPSA) is 112 Å². The van der Waals surface area contributed by atoms with Crippen molar-refractivity contribution in [3.8, 4) is 28.1 Å². The number of aromatic nitrogens is 2. The number of benzene rings is 2. The molecule has 0 radical (unpaired) electrons. The lowest BCUT2D eigenvalue weighted by atomic mass is 9.92. The predicted octanol–water partition coefficient (Wildman–Crippen LogP) is 7.59. The van der Waals surface area contributed by atoms with Gasteiger partial charge in [0, 0.05) is 42.6 Å². The molecule has 1 fully saturated rings. The highest BCUT2D eigenvalue weighted by Crippen LogP contribution is 2.40. The van der Waals surface area contributed by atoms with E-state index < -0.39 is 23.9 Å². The number of fused-ring (bicyclic) bond motifs is 8. The number of piperidine rings is 1. The minimum atomic E-state index is -1.19. The van der Waals surface area contributed by atoms with Crippen LogP contribution in [0.15, 0.2) is 48.7 Å². The van der Waals surface area contributed by atoms with Gasteiger partial charge in [0.25, 0.3) is 0 Å². The zero-order valence-electron chi connectivity index (χ0n) is 28.8. The summed E-state index contributed by atoms with van der Waals surface area (Å²) < 4.78 is 35.9. The quantitative estimate of drug-likeness (QED) is 0.232. The lowest BCUT2D eigenvalue weighted by Gasteiger charge is -2.41. The molecule has 0 spiro atoms. The highest BCUT2D eigenvalue weighted by Gasteiger charge is 2.37. The summed E-state index contributed by atoms with van der Waals surface area (Å²) in [5.41, 5.74) is 10.9. The Bertz CT molecular complexity index is 1820. The standard InChI is InChI=1S/C38H47FN4O5/c1-23-18-30-27(21-28(23)39)25-10-9-11-26(20-25)29-22-43-32(41-29)19-24(2)33(34(36(44)45)48-37(3,4)5)35(43)42-15-13-38(6,14-16-42)46-17-8-7-12-31(40)47-30/h9-11,18-22,31,34H,7-8,12-17,40H2,1-6H3,(H,44,45)/t31-,34+/m1/s1. The zero-order valence-corrected chi connectivity index (χ0v) is 28.8. The number of aryl methyl sites for hydroxylation is 2. The van der Waals surface area contributed by atoms with Crippen molar-refractivity contribution in [2.45, 2.75) is 97.2 Å². The number of aliphatic carboxylic acids is 1. The van der Waals surface area contributed by atoms with Gasteiger partial charge in [-0.3, -0.25) is 10.1 Å². The summed E-state index contributed by atoms with van der Waals surface area (Å²) in [5.74, 6) is -0.0843. The number of halogens is 1. The van der Waals surface area contributed by atoms with Crippen LogP contribution in [-0.4, -0.2) is 57.6 Å².